The largest absolute Gasteiger partial charge is 0.310 e. The summed E-state index contributed by atoms with van der Waals surface area (Å²) in [5, 5.41) is 4.50. The van der Waals surface area contributed by atoms with Crippen LogP contribution >= 0.6 is 0 Å². The standard InChI is InChI=1S/C40H26N2/c1-4-16-31(17-5-1)41(32-18-6-2-7-19-32)34-22-12-15-30(28-34)35-24-13-25-38-39(35)37-27-26-29-14-10-11-23-36(29)40(37)42(38)33-20-8-3-9-21-33/h1-25,28H. The summed E-state index contributed by atoms with van der Waals surface area (Å²) in [6.07, 6.45) is 0. The fourth-order valence-corrected chi connectivity index (χ4v) is 6.14. The molecule has 0 saturated heterocycles. The Labute approximate surface area is 245 Å². The molecule has 0 bridgehead atoms. The monoisotopic (exact) mass is 534 g/mol. The molecule has 0 saturated carbocycles. The van der Waals surface area contributed by atoms with Crippen LogP contribution in [0.15, 0.2) is 158 Å². The van der Waals surface area contributed by atoms with E-state index in [0.717, 1.165) is 50.1 Å². The van der Waals surface area contributed by atoms with Gasteiger partial charge in [0.05, 0.1) is 16.4 Å². The van der Waals surface area contributed by atoms with Crippen LogP contribution in [-0.2, 0) is 0 Å². The van der Waals surface area contributed by atoms with Gasteiger partial charge in [0.2, 0.25) is 0 Å². The molecule has 0 radical (unpaired) electrons. The Bertz CT molecular complexity index is 2140. The van der Waals surface area contributed by atoms with Crippen molar-refractivity contribution in [1.82, 2.24) is 4.57 Å². The molecule has 8 aromatic rings. The molecule has 0 aliphatic carbocycles. The molecule has 0 N–H and O–H groups in total. The Hall–Kier alpha value is -5.78. The zero-order valence-electron chi connectivity index (χ0n) is 22.9. The van der Waals surface area contributed by atoms with Crippen molar-refractivity contribution in [3.8, 4) is 16.8 Å². The van der Waals surface area contributed by atoms with Crippen LogP contribution in [0.3, 0.4) is 0 Å². The minimum atomic E-state index is 1.06. The lowest BCUT2D eigenvalue weighted by Crippen LogP contribution is -2.09. The zero-order chi connectivity index (χ0) is 27.9. The molecular formula is C40H26N2. The second kappa shape index (κ2) is 10.0. The van der Waals surface area contributed by atoms with Gasteiger partial charge in [-0.2, -0.15) is 0 Å². The van der Waals surface area contributed by atoms with Gasteiger partial charge < -0.3 is 9.47 Å². The highest BCUT2D eigenvalue weighted by Gasteiger charge is 2.19. The van der Waals surface area contributed by atoms with Gasteiger partial charge in [-0.15, -0.1) is 0 Å². The quantitative estimate of drug-likeness (QED) is 0.213. The first-order chi connectivity index (χ1) is 20.9. The van der Waals surface area contributed by atoms with Crippen LogP contribution in [0, 0.1) is 12.1 Å². The van der Waals surface area contributed by atoms with Gasteiger partial charge >= 0.3 is 0 Å². The number of anilines is 3. The second-order valence-corrected chi connectivity index (χ2v) is 10.4. The zero-order valence-corrected chi connectivity index (χ0v) is 22.9. The lowest BCUT2D eigenvalue weighted by molar-refractivity contribution is 1.19. The topological polar surface area (TPSA) is 8.17 Å². The Morgan fingerprint density at radius 3 is 1.86 bits per heavy atom. The molecule has 0 spiro atoms. The predicted octanol–water partition coefficient (Wildman–Crippen LogP) is 10.7. The lowest BCUT2D eigenvalue weighted by atomic mass is 9.98. The van der Waals surface area contributed by atoms with Gasteiger partial charge in [-0.05, 0) is 71.8 Å². The van der Waals surface area contributed by atoms with Crippen molar-refractivity contribution in [1.29, 1.82) is 0 Å². The maximum atomic E-state index is 3.57. The van der Waals surface area contributed by atoms with E-state index in [1.54, 1.807) is 0 Å². The van der Waals surface area contributed by atoms with E-state index < -0.39 is 0 Å². The van der Waals surface area contributed by atoms with Gasteiger partial charge in [-0.3, -0.25) is 0 Å². The van der Waals surface area contributed by atoms with Gasteiger partial charge in [0.1, 0.15) is 0 Å². The van der Waals surface area contributed by atoms with E-state index in [2.05, 4.69) is 179 Å². The highest BCUT2D eigenvalue weighted by atomic mass is 15.1. The Balaban J connectivity index is 1.40. The molecule has 0 atom stereocenters. The number of aromatic nitrogens is 1. The SMILES string of the molecule is c1c2ccccc2c2c(c#1)c1c(-c3cccc(N(c4ccccc4)c4ccccc4)c3)cccc1n2-c1ccccc1. The normalized spacial score (nSPS) is 11.1. The number of fused-ring (bicyclic) bond motifs is 5. The van der Waals surface area contributed by atoms with E-state index in [1.807, 2.05) is 0 Å². The van der Waals surface area contributed by atoms with E-state index in [4.69, 9.17) is 0 Å². The Morgan fingerprint density at radius 2 is 1.12 bits per heavy atom. The van der Waals surface area contributed by atoms with Gasteiger partial charge in [-0.25, -0.2) is 0 Å². The first-order valence-corrected chi connectivity index (χ1v) is 14.2. The summed E-state index contributed by atoms with van der Waals surface area (Å²) in [6, 6.07) is 62.7. The molecule has 2 nitrogen and oxygen atoms in total. The molecule has 0 amide bonds. The van der Waals surface area contributed by atoms with Crippen LogP contribution in [0.25, 0.3) is 49.4 Å². The van der Waals surface area contributed by atoms with Crippen molar-refractivity contribution < 1.29 is 0 Å². The van der Waals surface area contributed by atoms with Crippen molar-refractivity contribution in [2.45, 2.75) is 0 Å². The summed E-state index contributed by atoms with van der Waals surface area (Å²) in [4.78, 5) is 2.31. The summed E-state index contributed by atoms with van der Waals surface area (Å²) in [5.74, 6) is 0. The number of nitrogens with zero attached hydrogens (tertiary/aromatic N) is 2. The summed E-state index contributed by atoms with van der Waals surface area (Å²) in [7, 11) is 0. The molecule has 42 heavy (non-hydrogen) atoms. The Kier molecular flexibility index (Phi) is 5.73. The molecule has 1 heterocycles. The van der Waals surface area contributed by atoms with E-state index >= 15 is 0 Å². The number of hydrogen-bond acceptors (Lipinski definition) is 1. The lowest BCUT2D eigenvalue weighted by Gasteiger charge is -2.26. The van der Waals surface area contributed by atoms with E-state index in [-0.39, 0.29) is 0 Å². The number of para-hydroxylation sites is 3. The molecule has 8 rings (SSSR count). The predicted molar refractivity (Wildman–Crippen MR) is 176 cm³/mol. The van der Waals surface area contributed by atoms with Crippen LogP contribution in [0.2, 0.25) is 0 Å². The summed E-state index contributed by atoms with van der Waals surface area (Å²) in [6.45, 7) is 0. The van der Waals surface area contributed by atoms with Crippen LogP contribution in [-0.4, -0.2) is 4.57 Å². The molecule has 0 aliphatic heterocycles. The molecule has 196 valence electrons. The summed E-state index contributed by atoms with van der Waals surface area (Å²) in [5.41, 5.74) is 9.12. The molecule has 0 aliphatic rings. The van der Waals surface area contributed by atoms with Gasteiger partial charge in [0, 0.05) is 38.9 Å². The highest BCUT2D eigenvalue weighted by molar-refractivity contribution is 6.21. The van der Waals surface area contributed by atoms with Gasteiger partial charge in [0.25, 0.3) is 0 Å². The minimum absolute atomic E-state index is 1.06. The van der Waals surface area contributed by atoms with Crippen LogP contribution in [0.5, 0.6) is 0 Å². The van der Waals surface area contributed by atoms with Gasteiger partial charge in [-0.1, -0.05) is 109 Å². The van der Waals surface area contributed by atoms with Crippen LogP contribution in [0.4, 0.5) is 17.1 Å². The number of hydrogen-bond donors (Lipinski definition) is 0. The van der Waals surface area contributed by atoms with E-state index in [0.29, 0.717) is 0 Å². The maximum absolute atomic E-state index is 3.57. The van der Waals surface area contributed by atoms with Crippen molar-refractivity contribution >= 4 is 49.6 Å². The highest BCUT2D eigenvalue weighted by Crippen LogP contribution is 2.42. The number of rotatable bonds is 5. The van der Waals surface area contributed by atoms with Crippen LogP contribution < -0.4 is 4.90 Å². The van der Waals surface area contributed by atoms with E-state index in [1.165, 1.54) is 16.3 Å². The minimum Gasteiger partial charge on any atom is -0.310 e. The fraction of sp³-hybridized carbons (Fsp3) is 0. The van der Waals surface area contributed by atoms with E-state index in [9.17, 15) is 0 Å². The molecule has 0 unspecified atom stereocenters. The number of benzene rings is 6. The van der Waals surface area contributed by atoms with Crippen molar-refractivity contribution in [2.24, 2.45) is 0 Å². The fourth-order valence-electron chi connectivity index (χ4n) is 6.14. The Morgan fingerprint density at radius 1 is 0.500 bits per heavy atom. The average Bonchev–Trinajstić information content (AvgIpc) is 3.42. The summed E-state index contributed by atoms with van der Waals surface area (Å²) >= 11 is 0. The first-order valence-electron chi connectivity index (χ1n) is 14.2. The van der Waals surface area contributed by atoms with Crippen LogP contribution in [0.1, 0.15) is 0 Å². The third-order valence-electron chi connectivity index (χ3n) is 7.96. The molecular weight excluding hydrogens is 508 g/mol. The molecule has 0 fully saturated rings. The van der Waals surface area contributed by atoms with Crippen molar-refractivity contribution in [2.75, 3.05) is 4.90 Å². The smallest absolute Gasteiger partial charge is 0.0710 e. The van der Waals surface area contributed by atoms with Crippen molar-refractivity contribution in [3.05, 3.63) is 170 Å². The maximum Gasteiger partial charge on any atom is 0.0710 e. The summed E-state index contributed by atoms with van der Waals surface area (Å²) < 4.78 is 2.38. The van der Waals surface area contributed by atoms with Crippen molar-refractivity contribution in [3.63, 3.8) is 0 Å². The molecule has 7 aromatic carbocycles. The third kappa shape index (κ3) is 3.91. The van der Waals surface area contributed by atoms with Gasteiger partial charge in [0.15, 0.2) is 0 Å². The second-order valence-electron chi connectivity index (χ2n) is 10.4. The average molecular weight is 535 g/mol. The first kappa shape index (κ1) is 24.1. The third-order valence-corrected chi connectivity index (χ3v) is 7.96. The molecule has 1 aromatic heterocycles. The molecule has 2 heteroatoms.